The van der Waals surface area contributed by atoms with E-state index in [9.17, 15) is 4.79 Å². The maximum atomic E-state index is 12.0. The van der Waals surface area contributed by atoms with E-state index in [1.54, 1.807) is 6.08 Å². The molecule has 1 aromatic rings. The van der Waals surface area contributed by atoms with Crippen molar-refractivity contribution >= 4 is 17.7 Å². The van der Waals surface area contributed by atoms with Gasteiger partial charge in [0.25, 0.3) is 0 Å². The van der Waals surface area contributed by atoms with Crippen molar-refractivity contribution in [2.24, 2.45) is 0 Å². The molecule has 0 saturated carbocycles. The molecular weight excluding hydrogens is 238 g/mol. The molecular formula is C15H21N3O. The first-order chi connectivity index (χ1) is 9.19. The fraction of sp³-hybridized carbons (Fsp3) is 0.400. The molecule has 0 radical (unpaired) electrons. The number of nitrogen functional groups attached to an aromatic ring is 1. The van der Waals surface area contributed by atoms with Gasteiger partial charge < -0.3 is 15.5 Å². The van der Waals surface area contributed by atoms with Crippen LogP contribution >= 0.6 is 0 Å². The van der Waals surface area contributed by atoms with Gasteiger partial charge in [-0.1, -0.05) is 19.1 Å². The van der Waals surface area contributed by atoms with Crippen LogP contribution in [0.1, 0.15) is 12.5 Å². The molecule has 4 nitrogen and oxygen atoms in total. The topological polar surface area (TPSA) is 49.6 Å². The molecule has 1 aliphatic rings. The first-order valence-electron chi connectivity index (χ1n) is 6.74. The Balaban J connectivity index is 1.89. The standard InChI is InChI=1S/C15H21N3O/c1-2-17-9-11-18(12-10-17)15(19)8-5-13-3-6-14(16)7-4-13/h3-8H,2,9-12,16H2,1H3/b8-5+. The summed E-state index contributed by atoms with van der Waals surface area (Å²) in [6.07, 6.45) is 3.49. The summed E-state index contributed by atoms with van der Waals surface area (Å²) in [7, 11) is 0. The fourth-order valence-electron chi connectivity index (χ4n) is 2.16. The maximum absolute atomic E-state index is 12.0. The van der Waals surface area contributed by atoms with E-state index in [2.05, 4.69) is 11.8 Å². The second kappa shape index (κ2) is 6.38. The second-order valence-electron chi connectivity index (χ2n) is 4.76. The molecule has 1 aromatic carbocycles. The van der Waals surface area contributed by atoms with E-state index in [4.69, 9.17) is 5.73 Å². The van der Waals surface area contributed by atoms with E-state index in [0.29, 0.717) is 0 Å². The summed E-state index contributed by atoms with van der Waals surface area (Å²) in [5.41, 5.74) is 7.35. The molecule has 0 unspecified atom stereocenters. The summed E-state index contributed by atoms with van der Waals surface area (Å²) in [5, 5.41) is 0. The monoisotopic (exact) mass is 259 g/mol. The minimum atomic E-state index is 0.0904. The van der Waals surface area contributed by atoms with Gasteiger partial charge in [0.15, 0.2) is 0 Å². The summed E-state index contributed by atoms with van der Waals surface area (Å²) in [4.78, 5) is 16.3. The predicted octanol–water partition coefficient (Wildman–Crippen LogP) is 1.45. The molecule has 1 amide bonds. The Labute approximate surface area is 114 Å². The third-order valence-electron chi connectivity index (χ3n) is 3.49. The average molecular weight is 259 g/mol. The van der Waals surface area contributed by atoms with E-state index in [-0.39, 0.29) is 5.91 Å². The zero-order chi connectivity index (χ0) is 13.7. The van der Waals surface area contributed by atoms with E-state index in [1.807, 2.05) is 35.2 Å². The molecule has 0 spiro atoms. The molecule has 0 bridgehead atoms. The average Bonchev–Trinajstić information content (AvgIpc) is 2.46. The van der Waals surface area contributed by atoms with Crippen LogP contribution in [0.5, 0.6) is 0 Å². The van der Waals surface area contributed by atoms with Gasteiger partial charge in [0, 0.05) is 37.9 Å². The minimum Gasteiger partial charge on any atom is -0.399 e. The number of piperazine rings is 1. The highest BCUT2D eigenvalue weighted by Crippen LogP contribution is 2.08. The zero-order valence-corrected chi connectivity index (χ0v) is 11.4. The van der Waals surface area contributed by atoms with Crippen LogP contribution in [0.2, 0.25) is 0 Å². The summed E-state index contributed by atoms with van der Waals surface area (Å²) >= 11 is 0. The lowest BCUT2D eigenvalue weighted by Crippen LogP contribution is -2.48. The van der Waals surface area contributed by atoms with Gasteiger partial charge in [-0.2, -0.15) is 0 Å². The van der Waals surface area contributed by atoms with Gasteiger partial charge in [0.2, 0.25) is 5.91 Å². The lowest BCUT2D eigenvalue weighted by Gasteiger charge is -2.33. The van der Waals surface area contributed by atoms with Gasteiger partial charge in [-0.15, -0.1) is 0 Å². The molecule has 1 heterocycles. The van der Waals surface area contributed by atoms with Gasteiger partial charge in [-0.3, -0.25) is 4.79 Å². The first-order valence-corrected chi connectivity index (χ1v) is 6.74. The smallest absolute Gasteiger partial charge is 0.246 e. The van der Waals surface area contributed by atoms with Crippen molar-refractivity contribution < 1.29 is 4.79 Å². The zero-order valence-electron chi connectivity index (χ0n) is 11.4. The van der Waals surface area contributed by atoms with Crippen LogP contribution in [0.15, 0.2) is 30.3 Å². The summed E-state index contributed by atoms with van der Waals surface area (Å²) in [6.45, 7) is 6.79. The van der Waals surface area contributed by atoms with Crippen molar-refractivity contribution in [1.82, 2.24) is 9.80 Å². The lowest BCUT2D eigenvalue weighted by molar-refractivity contribution is -0.127. The Bertz CT molecular complexity index is 445. The van der Waals surface area contributed by atoms with Crippen molar-refractivity contribution in [2.45, 2.75) is 6.92 Å². The van der Waals surface area contributed by atoms with Gasteiger partial charge in [-0.05, 0) is 30.3 Å². The Morgan fingerprint density at radius 3 is 2.42 bits per heavy atom. The number of carbonyl (C=O) groups excluding carboxylic acids is 1. The minimum absolute atomic E-state index is 0.0904. The van der Waals surface area contributed by atoms with Crippen LogP contribution in [0.3, 0.4) is 0 Å². The highest BCUT2D eigenvalue weighted by atomic mass is 16.2. The molecule has 4 heteroatoms. The van der Waals surface area contributed by atoms with E-state index < -0.39 is 0 Å². The molecule has 0 atom stereocenters. The second-order valence-corrected chi connectivity index (χ2v) is 4.76. The Morgan fingerprint density at radius 2 is 1.84 bits per heavy atom. The fourth-order valence-corrected chi connectivity index (χ4v) is 2.16. The third kappa shape index (κ3) is 3.83. The van der Waals surface area contributed by atoms with Crippen LogP contribution in [-0.2, 0) is 4.79 Å². The predicted molar refractivity (Wildman–Crippen MR) is 78.6 cm³/mol. The van der Waals surface area contributed by atoms with E-state index >= 15 is 0 Å². The molecule has 0 aromatic heterocycles. The van der Waals surface area contributed by atoms with Crippen LogP contribution in [0.4, 0.5) is 5.69 Å². The Hall–Kier alpha value is -1.81. The van der Waals surface area contributed by atoms with Gasteiger partial charge in [0.1, 0.15) is 0 Å². The van der Waals surface area contributed by atoms with E-state index in [0.717, 1.165) is 44.0 Å². The number of anilines is 1. The summed E-state index contributed by atoms with van der Waals surface area (Å²) in [6, 6.07) is 7.50. The van der Waals surface area contributed by atoms with Crippen LogP contribution < -0.4 is 5.73 Å². The Kier molecular flexibility index (Phi) is 4.58. The molecule has 2 rings (SSSR count). The quantitative estimate of drug-likeness (QED) is 0.660. The number of rotatable bonds is 3. The van der Waals surface area contributed by atoms with Crippen molar-refractivity contribution in [2.75, 3.05) is 38.5 Å². The normalized spacial score (nSPS) is 17.0. The van der Waals surface area contributed by atoms with Crippen LogP contribution in [-0.4, -0.2) is 48.4 Å². The number of hydrogen-bond acceptors (Lipinski definition) is 3. The highest BCUT2D eigenvalue weighted by Gasteiger charge is 2.17. The van der Waals surface area contributed by atoms with Gasteiger partial charge in [0.05, 0.1) is 0 Å². The largest absolute Gasteiger partial charge is 0.399 e. The van der Waals surface area contributed by atoms with Crippen molar-refractivity contribution in [3.63, 3.8) is 0 Å². The molecule has 0 aliphatic carbocycles. The molecule has 102 valence electrons. The highest BCUT2D eigenvalue weighted by molar-refractivity contribution is 5.91. The lowest BCUT2D eigenvalue weighted by atomic mass is 10.2. The molecule has 1 fully saturated rings. The van der Waals surface area contributed by atoms with Crippen molar-refractivity contribution in [1.29, 1.82) is 0 Å². The van der Waals surface area contributed by atoms with Crippen LogP contribution in [0, 0.1) is 0 Å². The van der Waals surface area contributed by atoms with Gasteiger partial charge >= 0.3 is 0 Å². The van der Waals surface area contributed by atoms with E-state index in [1.165, 1.54) is 0 Å². The first kappa shape index (κ1) is 13.6. The van der Waals surface area contributed by atoms with Crippen molar-refractivity contribution in [3.05, 3.63) is 35.9 Å². The number of likely N-dealkylation sites (N-methyl/N-ethyl adjacent to an activating group) is 1. The molecule has 19 heavy (non-hydrogen) atoms. The molecule has 1 saturated heterocycles. The third-order valence-corrected chi connectivity index (χ3v) is 3.49. The number of nitrogens with two attached hydrogens (primary N) is 1. The number of carbonyl (C=O) groups is 1. The number of nitrogens with zero attached hydrogens (tertiary/aromatic N) is 2. The number of hydrogen-bond donors (Lipinski definition) is 1. The summed E-state index contributed by atoms with van der Waals surface area (Å²) < 4.78 is 0. The number of benzene rings is 1. The maximum Gasteiger partial charge on any atom is 0.246 e. The Morgan fingerprint density at radius 1 is 1.21 bits per heavy atom. The van der Waals surface area contributed by atoms with Crippen molar-refractivity contribution in [3.8, 4) is 0 Å². The molecule has 1 aliphatic heterocycles. The summed E-state index contributed by atoms with van der Waals surface area (Å²) in [5.74, 6) is 0.0904. The number of amides is 1. The molecule has 2 N–H and O–H groups in total. The van der Waals surface area contributed by atoms with Gasteiger partial charge in [-0.25, -0.2) is 0 Å². The van der Waals surface area contributed by atoms with Crippen LogP contribution in [0.25, 0.3) is 6.08 Å². The SMILES string of the molecule is CCN1CCN(C(=O)/C=C/c2ccc(N)cc2)CC1.